The third-order valence-corrected chi connectivity index (χ3v) is 6.26. The van der Waals surface area contributed by atoms with Crippen LogP contribution in [0.4, 0.5) is 5.69 Å². The van der Waals surface area contributed by atoms with E-state index in [0.29, 0.717) is 12.5 Å². The molecular weight excluding hydrogens is 324 g/mol. The second kappa shape index (κ2) is 7.68. The molecular formula is C21H30N4O. The van der Waals surface area contributed by atoms with Gasteiger partial charge in [0.1, 0.15) is 0 Å². The van der Waals surface area contributed by atoms with Crippen LogP contribution in [0, 0.1) is 11.8 Å². The van der Waals surface area contributed by atoms with E-state index in [0.717, 1.165) is 30.0 Å². The zero-order valence-corrected chi connectivity index (χ0v) is 15.6. The summed E-state index contributed by atoms with van der Waals surface area (Å²) >= 11 is 0. The first kappa shape index (κ1) is 17.4. The molecule has 0 bridgehead atoms. The van der Waals surface area contributed by atoms with Gasteiger partial charge in [-0.15, -0.1) is 0 Å². The zero-order valence-electron chi connectivity index (χ0n) is 15.6. The maximum Gasteiger partial charge on any atom is 0.225 e. The fraction of sp³-hybridized carbons (Fsp3) is 0.619. The predicted molar refractivity (Wildman–Crippen MR) is 105 cm³/mol. The number of carbonyl (C=O) groups excluding carboxylic acids is 1. The van der Waals surface area contributed by atoms with E-state index in [4.69, 9.17) is 0 Å². The van der Waals surface area contributed by atoms with Crippen molar-refractivity contribution in [2.24, 2.45) is 16.8 Å². The van der Waals surface area contributed by atoms with Crippen LogP contribution in [0.15, 0.2) is 29.3 Å². The summed E-state index contributed by atoms with van der Waals surface area (Å²) in [6.07, 6.45) is 8.84. The van der Waals surface area contributed by atoms with Crippen LogP contribution in [0.3, 0.4) is 0 Å². The average molecular weight is 354 g/mol. The minimum absolute atomic E-state index is 0.0954. The summed E-state index contributed by atoms with van der Waals surface area (Å²) in [5.41, 5.74) is 2.15. The molecule has 0 spiro atoms. The third-order valence-electron chi connectivity index (χ3n) is 6.26. The summed E-state index contributed by atoms with van der Waals surface area (Å²) in [5.74, 6) is 2.89. The number of hydrogen-bond donors (Lipinski definition) is 3. The quantitative estimate of drug-likeness (QED) is 0.574. The van der Waals surface area contributed by atoms with E-state index in [2.05, 4.69) is 27.0 Å². The smallest absolute Gasteiger partial charge is 0.225 e. The third kappa shape index (κ3) is 3.87. The first-order valence-electron chi connectivity index (χ1n) is 10.1. The SMILES string of the molecule is CN=C(NCC1CC(=O)Nc2ccccc21)NC1CC1C1CCCCC1. The van der Waals surface area contributed by atoms with Crippen molar-refractivity contribution in [2.75, 3.05) is 18.9 Å². The molecule has 1 amide bonds. The molecule has 4 rings (SSSR count). The Kier molecular flexibility index (Phi) is 5.14. The lowest BCUT2D eigenvalue weighted by atomic mass is 9.85. The van der Waals surface area contributed by atoms with Gasteiger partial charge in [-0.25, -0.2) is 0 Å². The number of para-hydroxylation sites is 1. The molecule has 3 aliphatic rings. The van der Waals surface area contributed by atoms with Crippen molar-refractivity contribution in [1.82, 2.24) is 10.6 Å². The highest BCUT2D eigenvalue weighted by molar-refractivity contribution is 5.94. The fourth-order valence-electron chi connectivity index (χ4n) is 4.74. The van der Waals surface area contributed by atoms with Crippen LogP contribution in [0.2, 0.25) is 0 Å². The molecule has 2 saturated carbocycles. The molecule has 3 unspecified atom stereocenters. The molecule has 5 heteroatoms. The van der Waals surface area contributed by atoms with Gasteiger partial charge in [0, 0.05) is 37.7 Å². The van der Waals surface area contributed by atoms with Crippen LogP contribution in [-0.4, -0.2) is 31.5 Å². The summed E-state index contributed by atoms with van der Waals surface area (Å²) in [6, 6.07) is 8.66. The van der Waals surface area contributed by atoms with E-state index in [9.17, 15) is 4.79 Å². The van der Waals surface area contributed by atoms with Gasteiger partial charge in [0.05, 0.1) is 0 Å². The molecule has 140 valence electrons. The lowest BCUT2D eigenvalue weighted by Gasteiger charge is -2.26. The summed E-state index contributed by atoms with van der Waals surface area (Å²) in [7, 11) is 1.83. The van der Waals surface area contributed by atoms with Crippen LogP contribution < -0.4 is 16.0 Å². The van der Waals surface area contributed by atoms with Crippen LogP contribution in [0.1, 0.15) is 56.4 Å². The van der Waals surface area contributed by atoms with Gasteiger partial charge in [-0.1, -0.05) is 50.3 Å². The van der Waals surface area contributed by atoms with Crippen LogP contribution in [0.5, 0.6) is 0 Å². The molecule has 26 heavy (non-hydrogen) atoms. The van der Waals surface area contributed by atoms with Crippen LogP contribution in [-0.2, 0) is 4.79 Å². The standard InChI is InChI=1S/C21H30N4O/c1-22-21(25-19-12-17(19)14-7-3-2-4-8-14)23-13-15-11-20(26)24-18-10-6-5-9-16(15)18/h5-6,9-10,14-15,17,19H,2-4,7-8,11-13H2,1H3,(H,24,26)(H2,22,23,25). The highest BCUT2D eigenvalue weighted by atomic mass is 16.1. The predicted octanol–water partition coefficient (Wildman–Crippen LogP) is 3.25. The molecule has 3 atom stereocenters. The maximum atomic E-state index is 12.0. The van der Waals surface area contributed by atoms with Crippen molar-refractivity contribution in [1.29, 1.82) is 0 Å². The molecule has 3 N–H and O–H groups in total. The second-order valence-electron chi connectivity index (χ2n) is 8.04. The normalized spacial score (nSPS) is 28.9. The number of anilines is 1. The Bertz CT molecular complexity index is 680. The van der Waals surface area contributed by atoms with Crippen molar-refractivity contribution in [2.45, 2.75) is 56.9 Å². The van der Waals surface area contributed by atoms with Crippen molar-refractivity contribution >= 4 is 17.6 Å². The summed E-state index contributed by atoms with van der Waals surface area (Å²) < 4.78 is 0. The molecule has 0 saturated heterocycles. The number of aliphatic imine (C=N–C) groups is 1. The van der Waals surface area contributed by atoms with Gasteiger partial charge in [0.15, 0.2) is 5.96 Å². The van der Waals surface area contributed by atoms with Gasteiger partial charge in [-0.05, 0) is 29.9 Å². The zero-order chi connectivity index (χ0) is 17.9. The topological polar surface area (TPSA) is 65.5 Å². The average Bonchev–Trinajstić information content (AvgIpc) is 3.44. The van der Waals surface area contributed by atoms with E-state index in [-0.39, 0.29) is 11.8 Å². The summed E-state index contributed by atoms with van der Waals surface area (Å²) in [6.45, 7) is 0.727. The largest absolute Gasteiger partial charge is 0.356 e. The first-order valence-corrected chi connectivity index (χ1v) is 10.1. The Morgan fingerprint density at radius 1 is 1.23 bits per heavy atom. The van der Waals surface area contributed by atoms with Gasteiger partial charge in [-0.2, -0.15) is 0 Å². The van der Waals surface area contributed by atoms with Crippen molar-refractivity contribution < 1.29 is 4.79 Å². The highest BCUT2D eigenvalue weighted by Gasteiger charge is 2.43. The first-order chi connectivity index (χ1) is 12.7. The Morgan fingerprint density at radius 3 is 2.85 bits per heavy atom. The number of fused-ring (bicyclic) bond motifs is 1. The second-order valence-corrected chi connectivity index (χ2v) is 8.04. The fourth-order valence-corrected chi connectivity index (χ4v) is 4.74. The minimum atomic E-state index is 0.0954. The van der Waals surface area contributed by atoms with E-state index in [1.807, 2.05) is 25.2 Å². The molecule has 0 radical (unpaired) electrons. The number of hydrogen-bond acceptors (Lipinski definition) is 2. The molecule has 1 aromatic rings. The molecule has 0 aromatic heterocycles. The number of nitrogens with one attached hydrogen (secondary N) is 3. The molecule has 1 aliphatic heterocycles. The van der Waals surface area contributed by atoms with E-state index in [1.54, 1.807) is 0 Å². The van der Waals surface area contributed by atoms with Crippen LogP contribution in [0.25, 0.3) is 0 Å². The van der Waals surface area contributed by atoms with Crippen molar-refractivity contribution in [3.05, 3.63) is 29.8 Å². The molecule has 1 aromatic carbocycles. The number of carbonyl (C=O) groups is 1. The van der Waals surface area contributed by atoms with Gasteiger partial charge < -0.3 is 16.0 Å². The van der Waals surface area contributed by atoms with Crippen molar-refractivity contribution in [3.8, 4) is 0 Å². The van der Waals surface area contributed by atoms with E-state index < -0.39 is 0 Å². The number of rotatable bonds is 4. The van der Waals surface area contributed by atoms with Crippen molar-refractivity contribution in [3.63, 3.8) is 0 Å². The number of guanidine groups is 1. The van der Waals surface area contributed by atoms with Gasteiger partial charge in [0.2, 0.25) is 5.91 Å². The molecule has 2 fully saturated rings. The molecule has 2 aliphatic carbocycles. The van der Waals surface area contributed by atoms with E-state index in [1.165, 1.54) is 44.1 Å². The number of benzene rings is 1. The Hall–Kier alpha value is -2.04. The number of nitrogens with zero attached hydrogens (tertiary/aromatic N) is 1. The summed E-state index contributed by atoms with van der Waals surface area (Å²) in [5, 5.41) is 10.0. The van der Waals surface area contributed by atoms with Crippen LogP contribution >= 0.6 is 0 Å². The van der Waals surface area contributed by atoms with Gasteiger partial charge in [-0.3, -0.25) is 9.79 Å². The number of amides is 1. The lowest BCUT2D eigenvalue weighted by Crippen LogP contribution is -2.42. The Balaban J connectivity index is 1.30. The highest BCUT2D eigenvalue weighted by Crippen LogP contribution is 2.44. The Labute approximate surface area is 156 Å². The minimum Gasteiger partial charge on any atom is -0.356 e. The molecule has 5 nitrogen and oxygen atoms in total. The monoisotopic (exact) mass is 354 g/mol. The van der Waals surface area contributed by atoms with Gasteiger partial charge >= 0.3 is 0 Å². The summed E-state index contributed by atoms with van der Waals surface area (Å²) in [4.78, 5) is 16.4. The van der Waals surface area contributed by atoms with Gasteiger partial charge in [0.25, 0.3) is 0 Å². The lowest BCUT2D eigenvalue weighted by molar-refractivity contribution is -0.116. The Morgan fingerprint density at radius 2 is 2.04 bits per heavy atom. The maximum absolute atomic E-state index is 12.0. The molecule has 1 heterocycles. The van der Waals surface area contributed by atoms with E-state index >= 15 is 0 Å².